The van der Waals surface area contributed by atoms with Gasteiger partial charge in [-0.15, -0.1) is 0 Å². The highest BCUT2D eigenvalue weighted by Gasteiger charge is 2.32. The van der Waals surface area contributed by atoms with Gasteiger partial charge in [0.25, 0.3) is 11.2 Å². The Balaban J connectivity index is 1.20. The van der Waals surface area contributed by atoms with E-state index >= 15 is 0 Å². The molecule has 5 rings (SSSR count). The van der Waals surface area contributed by atoms with Crippen molar-refractivity contribution in [2.75, 3.05) is 39.3 Å². The fraction of sp³-hybridized carbons (Fsp3) is 0.375. The molecule has 0 N–H and O–H groups in total. The average Bonchev–Trinajstić information content (AvgIpc) is 3.06. The van der Waals surface area contributed by atoms with Crippen molar-refractivity contribution in [1.82, 2.24) is 18.8 Å². The third-order valence-corrected chi connectivity index (χ3v) is 9.95. The number of aromatic nitrogens is 2. The number of aryl methyl sites for hydroxylation is 1. The Hall–Kier alpha value is -4.17. The first-order valence-electron chi connectivity index (χ1n) is 14.9. The second-order valence-electron chi connectivity index (χ2n) is 11.0. The van der Waals surface area contributed by atoms with Crippen molar-refractivity contribution in [3.8, 4) is 5.75 Å². The number of nitro groups is 1. The maximum absolute atomic E-state index is 13.8. The largest absolute Gasteiger partial charge is 0.494 e. The van der Waals surface area contributed by atoms with Gasteiger partial charge in [-0.2, -0.15) is 4.31 Å². The molecular formula is C32H37N5O7S. The molecule has 45 heavy (non-hydrogen) atoms. The lowest BCUT2D eigenvalue weighted by Crippen LogP contribution is -2.43. The summed E-state index contributed by atoms with van der Waals surface area (Å²) in [5.74, 6) is 0.600. The molecule has 0 atom stereocenters. The van der Waals surface area contributed by atoms with Crippen molar-refractivity contribution in [3.63, 3.8) is 0 Å². The van der Waals surface area contributed by atoms with E-state index in [4.69, 9.17) is 9.47 Å². The van der Waals surface area contributed by atoms with E-state index in [0.29, 0.717) is 25.3 Å². The minimum Gasteiger partial charge on any atom is -0.494 e. The minimum atomic E-state index is -4.16. The fourth-order valence-electron chi connectivity index (χ4n) is 5.45. The molecular weight excluding hydrogens is 598 g/mol. The van der Waals surface area contributed by atoms with Crippen LogP contribution in [0.3, 0.4) is 0 Å². The quantitative estimate of drug-likeness (QED) is 0.114. The van der Waals surface area contributed by atoms with E-state index in [1.54, 1.807) is 36.1 Å². The first-order valence-corrected chi connectivity index (χ1v) is 16.4. The maximum Gasteiger partial charge on any atom is 0.289 e. The number of likely N-dealkylation sites (tertiary alicyclic amines) is 1. The van der Waals surface area contributed by atoms with Crippen LogP contribution in [0.2, 0.25) is 0 Å². The molecule has 3 heterocycles. The van der Waals surface area contributed by atoms with Gasteiger partial charge >= 0.3 is 0 Å². The lowest BCUT2D eigenvalue weighted by atomic mass is 10.1. The molecule has 0 saturated carbocycles. The number of piperidine rings is 1. The average molecular weight is 636 g/mol. The Kier molecular flexibility index (Phi) is 10.6. The second-order valence-corrected chi connectivity index (χ2v) is 12.9. The number of hydrogen-bond donors (Lipinski definition) is 0. The van der Waals surface area contributed by atoms with E-state index in [9.17, 15) is 23.3 Å². The van der Waals surface area contributed by atoms with Crippen molar-refractivity contribution in [2.45, 2.75) is 36.9 Å². The molecule has 1 aliphatic rings. The molecule has 4 aromatic rings. The number of pyridine rings is 2. The normalized spacial score (nSPS) is 14.6. The van der Waals surface area contributed by atoms with Gasteiger partial charge in [0.1, 0.15) is 5.75 Å². The molecule has 2 aromatic carbocycles. The Labute approximate surface area is 262 Å². The van der Waals surface area contributed by atoms with Crippen molar-refractivity contribution in [2.24, 2.45) is 7.05 Å². The topological polar surface area (TPSA) is 137 Å². The summed E-state index contributed by atoms with van der Waals surface area (Å²) in [4.78, 5) is 28.9. The summed E-state index contributed by atoms with van der Waals surface area (Å²) in [7, 11) is -2.46. The monoisotopic (exact) mass is 635 g/mol. The van der Waals surface area contributed by atoms with Gasteiger partial charge in [0.2, 0.25) is 10.0 Å². The Morgan fingerprint density at radius 3 is 2.60 bits per heavy atom. The second kappa shape index (κ2) is 14.7. The van der Waals surface area contributed by atoms with Crippen LogP contribution in [-0.2, 0) is 28.4 Å². The maximum atomic E-state index is 13.8. The summed E-state index contributed by atoms with van der Waals surface area (Å²) in [6.07, 6.45) is 5.65. The zero-order chi connectivity index (χ0) is 31.8. The van der Waals surface area contributed by atoms with Gasteiger partial charge in [-0.1, -0.05) is 18.2 Å². The van der Waals surface area contributed by atoms with Crippen LogP contribution in [0, 0.1) is 10.1 Å². The van der Waals surface area contributed by atoms with Crippen molar-refractivity contribution >= 4 is 26.6 Å². The molecule has 0 bridgehead atoms. The summed E-state index contributed by atoms with van der Waals surface area (Å²) in [6.45, 7) is 3.04. The zero-order valence-corrected chi connectivity index (χ0v) is 26.0. The van der Waals surface area contributed by atoms with Gasteiger partial charge in [-0.3, -0.25) is 19.9 Å². The zero-order valence-electron chi connectivity index (χ0n) is 25.2. The molecule has 1 aliphatic heterocycles. The van der Waals surface area contributed by atoms with Crippen molar-refractivity contribution in [3.05, 3.63) is 105 Å². The van der Waals surface area contributed by atoms with Crippen LogP contribution in [0.5, 0.6) is 5.75 Å². The van der Waals surface area contributed by atoms with E-state index in [0.717, 1.165) is 42.4 Å². The third-order valence-electron chi connectivity index (χ3n) is 8.01. The fourth-order valence-corrected chi connectivity index (χ4v) is 7.08. The summed E-state index contributed by atoms with van der Waals surface area (Å²) < 4.78 is 42.4. The van der Waals surface area contributed by atoms with Gasteiger partial charge in [-0.05, 0) is 61.2 Å². The van der Waals surface area contributed by atoms with Gasteiger partial charge < -0.3 is 18.9 Å². The van der Waals surface area contributed by atoms with E-state index < -0.39 is 20.6 Å². The molecule has 2 aromatic heterocycles. The SMILES string of the molecule is Cn1c(=O)ccc2cc(OCCCN(CCN3CCC(OCc4cccnc4)CC3)S(=O)(=O)c3ccccc3[N+](=O)[O-])ccc21. The van der Waals surface area contributed by atoms with Crippen LogP contribution in [0.4, 0.5) is 5.69 Å². The predicted molar refractivity (Wildman–Crippen MR) is 170 cm³/mol. The Morgan fingerprint density at radius 1 is 1.04 bits per heavy atom. The summed E-state index contributed by atoms with van der Waals surface area (Å²) >= 11 is 0. The molecule has 1 fully saturated rings. The number of sulfonamides is 1. The highest BCUT2D eigenvalue weighted by molar-refractivity contribution is 7.89. The molecule has 1 saturated heterocycles. The van der Waals surface area contributed by atoms with Crippen LogP contribution < -0.4 is 10.3 Å². The summed E-state index contributed by atoms with van der Waals surface area (Å²) in [5.41, 5.74) is 1.25. The first kappa shape index (κ1) is 32.2. The van der Waals surface area contributed by atoms with Gasteiger partial charge in [0.15, 0.2) is 4.90 Å². The van der Waals surface area contributed by atoms with Crippen molar-refractivity contribution < 1.29 is 22.8 Å². The molecule has 12 nitrogen and oxygen atoms in total. The van der Waals surface area contributed by atoms with Gasteiger partial charge in [-0.25, -0.2) is 8.42 Å². The van der Waals surface area contributed by atoms with Gasteiger partial charge in [0, 0.05) is 69.7 Å². The lowest BCUT2D eigenvalue weighted by Gasteiger charge is -2.33. The molecule has 0 unspecified atom stereocenters. The summed E-state index contributed by atoms with van der Waals surface area (Å²) in [6, 6.07) is 17.9. The Morgan fingerprint density at radius 2 is 1.84 bits per heavy atom. The minimum absolute atomic E-state index is 0.102. The number of nitrogens with zero attached hydrogens (tertiary/aromatic N) is 5. The van der Waals surface area contributed by atoms with E-state index in [1.807, 2.05) is 24.3 Å². The number of benzene rings is 2. The number of para-hydroxylation sites is 1. The highest BCUT2D eigenvalue weighted by atomic mass is 32.2. The summed E-state index contributed by atoms with van der Waals surface area (Å²) in [5, 5.41) is 12.5. The number of ether oxygens (including phenoxy) is 2. The van der Waals surface area contributed by atoms with Gasteiger partial charge in [0.05, 0.1) is 29.8 Å². The van der Waals surface area contributed by atoms with Crippen LogP contribution >= 0.6 is 0 Å². The number of rotatable bonds is 14. The Bertz CT molecular complexity index is 1770. The molecule has 238 valence electrons. The third kappa shape index (κ3) is 8.11. The van der Waals surface area contributed by atoms with Crippen LogP contribution in [-0.4, -0.2) is 77.5 Å². The predicted octanol–water partition coefficient (Wildman–Crippen LogP) is 3.98. The number of nitro benzene ring substituents is 1. The van der Waals surface area contributed by atoms with Crippen LogP contribution in [0.15, 0.2) is 88.8 Å². The lowest BCUT2D eigenvalue weighted by molar-refractivity contribution is -0.387. The van der Waals surface area contributed by atoms with Crippen LogP contribution in [0.25, 0.3) is 10.9 Å². The molecule has 0 amide bonds. The van der Waals surface area contributed by atoms with E-state index in [2.05, 4.69) is 9.88 Å². The smallest absolute Gasteiger partial charge is 0.289 e. The molecule has 0 spiro atoms. The first-order chi connectivity index (χ1) is 21.7. The molecule has 0 radical (unpaired) electrons. The molecule has 0 aliphatic carbocycles. The van der Waals surface area contributed by atoms with Crippen LogP contribution in [0.1, 0.15) is 24.8 Å². The highest BCUT2D eigenvalue weighted by Crippen LogP contribution is 2.27. The molecule has 13 heteroatoms. The van der Waals surface area contributed by atoms with E-state index in [1.165, 1.54) is 34.6 Å². The standard InChI is InChI=1S/C32H37N5O7S/c1-34-29-11-10-28(22-26(29)9-12-32(34)38)43-21-5-16-36(45(41,42)31-8-3-2-7-30(31)37(39)40)20-19-35-17-13-27(14-18-35)44-24-25-6-4-15-33-23-25/h2-4,6-12,15,22-23,27H,5,13-14,16-21,24H2,1H3. The number of fused-ring (bicyclic) bond motifs is 1. The van der Waals surface area contributed by atoms with E-state index in [-0.39, 0.29) is 36.3 Å². The van der Waals surface area contributed by atoms with Crippen molar-refractivity contribution in [1.29, 1.82) is 0 Å². The number of hydrogen-bond acceptors (Lipinski definition) is 9.